The molecule has 1 aliphatic heterocycles. The fourth-order valence-electron chi connectivity index (χ4n) is 3.82. The number of methoxy groups -OCH3 is 1. The molecule has 196 valence electrons. The van der Waals surface area contributed by atoms with Crippen LogP contribution in [0.5, 0.6) is 0 Å². The van der Waals surface area contributed by atoms with Crippen molar-refractivity contribution >= 4 is 29.5 Å². The van der Waals surface area contributed by atoms with Crippen molar-refractivity contribution in [3.63, 3.8) is 0 Å². The molecule has 1 aromatic rings. The van der Waals surface area contributed by atoms with Crippen LogP contribution in [0, 0.1) is 0 Å². The van der Waals surface area contributed by atoms with Gasteiger partial charge in [-0.1, -0.05) is 43.2 Å². The van der Waals surface area contributed by atoms with E-state index in [4.69, 9.17) is 19.3 Å². The lowest BCUT2D eigenvalue weighted by atomic mass is 10.0. The summed E-state index contributed by atoms with van der Waals surface area (Å²) in [5.41, 5.74) is 0.873. The number of carbonyl (C=O) groups excluding carboxylic acids is 5. The fourth-order valence-corrected chi connectivity index (χ4v) is 3.82. The second-order valence-electron chi connectivity index (χ2n) is 8.40. The number of allylic oxidation sites excluding steroid dienone is 1. The number of rotatable bonds is 15. The molecule has 0 radical (unpaired) electrons. The van der Waals surface area contributed by atoms with E-state index in [0.29, 0.717) is 19.3 Å². The van der Waals surface area contributed by atoms with Crippen LogP contribution in [0.2, 0.25) is 0 Å². The Hall–Kier alpha value is -3.37. The Kier molecular flexibility index (Phi) is 11.9. The first kappa shape index (κ1) is 28.9. The third-order valence-corrected chi connectivity index (χ3v) is 5.62. The molecule has 1 aromatic carbocycles. The number of benzene rings is 1. The number of carbonyl (C=O) groups is 5. The number of unbranched alkanes of at least 4 members (excludes halogenated alkanes) is 3. The molecular formula is C26H33NO9. The van der Waals surface area contributed by atoms with E-state index < -0.39 is 42.0 Å². The minimum Gasteiger partial charge on any atom is -0.451 e. The molecule has 0 aromatic heterocycles. The lowest BCUT2D eigenvalue weighted by molar-refractivity contribution is -0.166. The van der Waals surface area contributed by atoms with Crippen molar-refractivity contribution in [3.05, 3.63) is 48.0 Å². The van der Waals surface area contributed by atoms with Gasteiger partial charge in [-0.3, -0.25) is 19.2 Å². The van der Waals surface area contributed by atoms with Crippen molar-refractivity contribution in [2.24, 2.45) is 0 Å². The number of esters is 1. The molecule has 1 saturated heterocycles. The Labute approximate surface area is 210 Å². The summed E-state index contributed by atoms with van der Waals surface area (Å²) in [6.07, 6.45) is 1.18. The zero-order valence-electron chi connectivity index (χ0n) is 20.6. The molecule has 10 heteroatoms. The molecule has 2 amide bonds. The lowest BCUT2D eigenvalue weighted by Gasteiger charge is -2.27. The van der Waals surface area contributed by atoms with E-state index in [2.05, 4.69) is 0 Å². The maximum Gasteiger partial charge on any atom is 0.417 e. The Morgan fingerprint density at radius 2 is 1.78 bits per heavy atom. The average Bonchev–Trinajstić information content (AvgIpc) is 3.22. The van der Waals surface area contributed by atoms with Crippen LogP contribution < -0.4 is 0 Å². The van der Waals surface area contributed by atoms with Crippen molar-refractivity contribution in [1.82, 2.24) is 4.90 Å². The molecule has 0 unspecified atom stereocenters. The van der Waals surface area contributed by atoms with E-state index in [0.717, 1.165) is 49.5 Å². The van der Waals surface area contributed by atoms with Gasteiger partial charge in [-0.15, -0.1) is 0 Å². The van der Waals surface area contributed by atoms with Crippen LogP contribution in [0.15, 0.2) is 42.5 Å². The van der Waals surface area contributed by atoms with E-state index in [9.17, 15) is 24.0 Å². The zero-order chi connectivity index (χ0) is 26.5. The largest absolute Gasteiger partial charge is 0.451 e. The van der Waals surface area contributed by atoms with Gasteiger partial charge < -0.3 is 19.3 Å². The van der Waals surface area contributed by atoms with Crippen LogP contribution >= 0.6 is 0 Å². The Bertz CT molecular complexity index is 944. The predicted molar refractivity (Wildman–Crippen MR) is 128 cm³/mol. The number of aliphatic hydroxyl groups excluding tert-OH is 1. The molecule has 0 aliphatic carbocycles. The number of imide groups is 1. The standard InChI is InChI=1S/C26H33NO9/c1-18(29)36-23(22(31)14-13-21(30)12-8-3-4-9-15-28)24(34-2)25(32)27-20(17-35-26(27)33)16-19-10-6-5-7-11-19/h5-7,10-11,13-14,20,23-24,28H,3-4,8-9,12,15-17H2,1-2H3/t20-,23+,24-/m0/s1. The van der Waals surface area contributed by atoms with Gasteiger partial charge in [0.15, 0.2) is 23.8 Å². The quantitative estimate of drug-likeness (QED) is 0.217. The number of cyclic esters (lactones) is 1. The fraction of sp³-hybridized carbons (Fsp3) is 0.500. The van der Waals surface area contributed by atoms with Gasteiger partial charge in [0.25, 0.3) is 5.91 Å². The first-order valence-electron chi connectivity index (χ1n) is 11.9. The number of hydrogen-bond donors (Lipinski definition) is 1. The lowest BCUT2D eigenvalue weighted by Crippen LogP contribution is -2.53. The van der Waals surface area contributed by atoms with Gasteiger partial charge in [0.05, 0.1) is 6.04 Å². The molecule has 1 aliphatic rings. The van der Waals surface area contributed by atoms with E-state index in [-0.39, 0.29) is 25.4 Å². The topological polar surface area (TPSA) is 137 Å². The summed E-state index contributed by atoms with van der Waals surface area (Å²) in [7, 11) is 1.15. The van der Waals surface area contributed by atoms with Crippen LogP contribution in [0.25, 0.3) is 0 Å². The first-order valence-corrected chi connectivity index (χ1v) is 11.9. The molecule has 10 nitrogen and oxygen atoms in total. The summed E-state index contributed by atoms with van der Waals surface area (Å²) in [5.74, 6) is -2.85. The molecular weight excluding hydrogens is 470 g/mol. The second kappa shape index (κ2) is 14.9. The minimum absolute atomic E-state index is 0.0329. The highest BCUT2D eigenvalue weighted by atomic mass is 16.6. The number of amides is 2. The third kappa shape index (κ3) is 8.69. The zero-order valence-corrected chi connectivity index (χ0v) is 20.6. The Morgan fingerprint density at radius 1 is 1.08 bits per heavy atom. The van der Waals surface area contributed by atoms with Crippen molar-refractivity contribution in [3.8, 4) is 0 Å². The molecule has 0 bridgehead atoms. The maximum absolute atomic E-state index is 13.3. The van der Waals surface area contributed by atoms with Crippen LogP contribution in [-0.4, -0.2) is 78.1 Å². The van der Waals surface area contributed by atoms with Gasteiger partial charge in [0.2, 0.25) is 0 Å². The molecule has 1 N–H and O–H groups in total. The first-order chi connectivity index (χ1) is 17.3. The van der Waals surface area contributed by atoms with E-state index in [1.165, 1.54) is 0 Å². The summed E-state index contributed by atoms with van der Waals surface area (Å²) in [6.45, 7) is 1.14. The minimum atomic E-state index is -1.70. The predicted octanol–water partition coefficient (Wildman–Crippen LogP) is 2.16. The van der Waals surface area contributed by atoms with E-state index in [1.54, 1.807) is 0 Å². The summed E-state index contributed by atoms with van der Waals surface area (Å²) in [5, 5.41) is 8.79. The summed E-state index contributed by atoms with van der Waals surface area (Å²) < 4.78 is 15.4. The Morgan fingerprint density at radius 3 is 2.42 bits per heavy atom. The molecule has 2 rings (SSSR count). The van der Waals surface area contributed by atoms with Crippen molar-refractivity contribution in [2.45, 2.75) is 63.7 Å². The molecule has 36 heavy (non-hydrogen) atoms. The van der Waals surface area contributed by atoms with Gasteiger partial charge in [0.1, 0.15) is 6.61 Å². The van der Waals surface area contributed by atoms with Gasteiger partial charge in [-0.2, -0.15) is 0 Å². The average molecular weight is 504 g/mol. The number of ether oxygens (including phenoxy) is 3. The molecule has 0 spiro atoms. The maximum atomic E-state index is 13.3. The monoisotopic (exact) mass is 503 g/mol. The molecule has 0 saturated carbocycles. The number of aliphatic hydroxyl groups is 1. The van der Waals surface area contributed by atoms with Gasteiger partial charge in [-0.05, 0) is 37.0 Å². The van der Waals surface area contributed by atoms with Crippen molar-refractivity contribution in [2.75, 3.05) is 20.3 Å². The highest BCUT2D eigenvalue weighted by Crippen LogP contribution is 2.21. The Balaban J connectivity index is 2.13. The van der Waals surface area contributed by atoms with Crippen LogP contribution in [0.1, 0.15) is 44.6 Å². The molecule has 1 fully saturated rings. The SMILES string of the molecule is CO[C@H](C(=O)N1C(=O)OC[C@@H]1Cc1ccccc1)[C@H](OC(C)=O)C(=O)C=CC(=O)CCCCCCO. The van der Waals surface area contributed by atoms with Crippen molar-refractivity contribution in [1.29, 1.82) is 0 Å². The van der Waals surface area contributed by atoms with E-state index >= 15 is 0 Å². The third-order valence-electron chi connectivity index (χ3n) is 5.62. The van der Waals surface area contributed by atoms with Gasteiger partial charge in [-0.25, -0.2) is 9.69 Å². The van der Waals surface area contributed by atoms with Crippen LogP contribution in [-0.2, 0) is 39.8 Å². The molecule has 3 atom stereocenters. The summed E-state index contributed by atoms with van der Waals surface area (Å²) in [4.78, 5) is 63.3. The smallest absolute Gasteiger partial charge is 0.417 e. The highest BCUT2D eigenvalue weighted by Gasteiger charge is 2.45. The van der Waals surface area contributed by atoms with Gasteiger partial charge in [0, 0.05) is 27.1 Å². The summed E-state index contributed by atoms with van der Waals surface area (Å²) >= 11 is 0. The summed E-state index contributed by atoms with van der Waals surface area (Å²) in [6, 6.07) is 8.55. The highest BCUT2D eigenvalue weighted by molar-refractivity contribution is 6.05. The van der Waals surface area contributed by atoms with Gasteiger partial charge >= 0.3 is 12.1 Å². The van der Waals surface area contributed by atoms with Crippen LogP contribution in [0.4, 0.5) is 4.79 Å². The molecule has 1 heterocycles. The number of ketones is 2. The second-order valence-corrected chi connectivity index (χ2v) is 8.40. The normalized spacial score (nSPS) is 17.0. The number of nitrogens with zero attached hydrogens (tertiary/aromatic N) is 1. The van der Waals surface area contributed by atoms with E-state index in [1.807, 2.05) is 30.3 Å². The van der Waals surface area contributed by atoms with Crippen molar-refractivity contribution < 1.29 is 43.3 Å². The van der Waals surface area contributed by atoms with Crippen LogP contribution in [0.3, 0.4) is 0 Å². The number of hydrogen-bond acceptors (Lipinski definition) is 9.